The number of rotatable bonds is 4. The summed E-state index contributed by atoms with van der Waals surface area (Å²) in [6.45, 7) is 1.80. The molecular weight excluding hydrogens is 234 g/mol. The van der Waals surface area contributed by atoms with Crippen molar-refractivity contribution >= 4 is 0 Å². The van der Waals surface area contributed by atoms with Crippen LogP contribution in [-0.2, 0) is 12.0 Å². The molecule has 2 aromatic rings. The summed E-state index contributed by atoms with van der Waals surface area (Å²) in [6.07, 6.45) is 1.44. The molecule has 0 spiro atoms. The lowest BCUT2D eigenvalue weighted by atomic mass is 9.89. The predicted molar refractivity (Wildman–Crippen MR) is 75.5 cm³/mol. The average Bonchev–Trinajstić information content (AvgIpc) is 2.46. The molecule has 2 nitrogen and oxygen atoms in total. The van der Waals surface area contributed by atoms with Crippen molar-refractivity contribution in [1.29, 1.82) is 5.26 Å². The SMILES string of the molecule is CC(O)(CCc1ccccc1)c1cccc(C#N)c1. The van der Waals surface area contributed by atoms with Gasteiger partial charge in [-0.3, -0.25) is 0 Å². The second kappa shape index (κ2) is 5.69. The van der Waals surface area contributed by atoms with E-state index in [-0.39, 0.29) is 0 Å². The van der Waals surface area contributed by atoms with Crippen LogP contribution in [0.2, 0.25) is 0 Å². The Kier molecular flexibility index (Phi) is 3.99. The van der Waals surface area contributed by atoms with Gasteiger partial charge in [0.15, 0.2) is 0 Å². The molecule has 0 aliphatic heterocycles. The summed E-state index contributed by atoms with van der Waals surface area (Å²) in [5.74, 6) is 0. The predicted octanol–water partition coefficient (Wildman–Crippen LogP) is 3.40. The summed E-state index contributed by atoms with van der Waals surface area (Å²) in [6, 6.07) is 19.4. The number of aryl methyl sites for hydroxylation is 1. The molecule has 0 saturated heterocycles. The Morgan fingerprint density at radius 2 is 1.84 bits per heavy atom. The number of nitrogens with zero attached hydrogens (tertiary/aromatic N) is 1. The zero-order valence-electron chi connectivity index (χ0n) is 11.0. The molecule has 2 aromatic carbocycles. The molecule has 2 heteroatoms. The summed E-state index contributed by atoms with van der Waals surface area (Å²) < 4.78 is 0. The fourth-order valence-electron chi connectivity index (χ4n) is 2.10. The highest BCUT2D eigenvalue weighted by Crippen LogP contribution is 2.26. The molecule has 96 valence electrons. The van der Waals surface area contributed by atoms with Crippen molar-refractivity contribution in [2.75, 3.05) is 0 Å². The van der Waals surface area contributed by atoms with Gasteiger partial charge in [0, 0.05) is 0 Å². The molecule has 0 aliphatic carbocycles. The van der Waals surface area contributed by atoms with Crippen LogP contribution in [0.25, 0.3) is 0 Å². The molecule has 19 heavy (non-hydrogen) atoms. The normalized spacial score (nSPS) is 13.5. The van der Waals surface area contributed by atoms with Crippen molar-refractivity contribution in [2.45, 2.75) is 25.4 Å². The molecule has 0 fully saturated rings. The maximum Gasteiger partial charge on any atom is 0.0991 e. The van der Waals surface area contributed by atoms with E-state index in [1.54, 1.807) is 19.1 Å². The Labute approximate surface area is 114 Å². The number of benzene rings is 2. The van der Waals surface area contributed by atoms with Gasteiger partial charge in [0.2, 0.25) is 0 Å². The Bertz CT molecular complexity index is 582. The van der Waals surface area contributed by atoms with Gasteiger partial charge < -0.3 is 5.11 Å². The number of hydrogen-bond donors (Lipinski definition) is 1. The maximum atomic E-state index is 10.6. The van der Waals surface area contributed by atoms with Crippen LogP contribution in [0.3, 0.4) is 0 Å². The summed E-state index contributed by atoms with van der Waals surface area (Å²) in [4.78, 5) is 0. The van der Waals surface area contributed by atoms with Crippen LogP contribution in [0.5, 0.6) is 0 Å². The molecule has 0 bridgehead atoms. The van der Waals surface area contributed by atoms with E-state index in [2.05, 4.69) is 18.2 Å². The first-order valence-electron chi connectivity index (χ1n) is 6.39. The van der Waals surface area contributed by atoms with Gasteiger partial charge in [0.05, 0.1) is 17.2 Å². The van der Waals surface area contributed by atoms with E-state index in [0.717, 1.165) is 12.0 Å². The highest BCUT2D eigenvalue weighted by Gasteiger charge is 2.22. The maximum absolute atomic E-state index is 10.6. The smallest absolute Gasteiger partial charge is 0.0991 e. The third-order valence-corrected chi connectivity index (χ3v) is 3.36. The highest BCUT2D eigenvalue weighted by molar-refractivity contribution is 5.35. The second-order valence-corrected chi connectivity index (χ2v) is 4.95. The molecular formula is C17H17NO. The van der Waals surface area contributed by atoms with Crippen molar-refractivity contribution in [2.24, 2.45) is 0 Å². The van der Waals surface area contributed by atoms with E-state index in [0.29, 0.717) is 12.0 Å². The van der Waals surface area contributed by atoms with E-state index in [1.165, 1.54) is 5.56 Å². The van der Waals surface area contributed by atoms with Gasteiger partial charge in [-0.25, -0.2) is 0 Å². The minimum atomic E-state index is -0.914. The van der Waals surface area contributed by atoms with Crippen LogP contribution in [-0.4, -0.2) is 5.11 Å². The Morgan fingerprint density at radius 3 is 2.53 bits per heavy atom. The van der Waals surface area contributed by atoms with E-state index in [4.69, 9.17) is 5.26 Å². The standard InChI is InChI=1S/C17H17NO/c1-17(19,11-10-14-6-3-2-4-7-14)16-9-5-8-15(12-16)13-18/h2-9,12,19H,10-11H2,1H3. The van der Waals surface area contributed by atoms with Gasteiger partial charge in [-0.2, -0.15) is 5.26 Å². The van der Waals surface area contributed by atoms with Crippen LogP contribution in [0.4, 0.5) is 0 Å². The minimum Gasteiger partial charge on any atom is -0.385 e. The van der Waals surface area contributed by atoms with Crippen LogP contribution in [0.1, 0.15) is 30.0 Å². The third-order valence-electron chi connectivity index (χ3n) is 3.36. The molecule has 0 amide bonds. The van der Waals surface area contributed by atoms with Crippen molar-refractivity contribution in [3.63, 3.8) is 0 Å². The van der Waals surface area contributed by atoms with E-state index in [1.807, 2.05) is 30.3 Å². The number of nitriles is 1. The average molecular weight is 251 g/mol. The van der Waals surface area contributed by atoms with Crippen molar-refractivity contribution in [3.05, 3.63) is 71.3 Å². The number of aliphatic hydroxyl groups is 1. The topological polar surface area (TPSA) is 44.0 Å². The van der Waals surface area contributed by atoms with Gasteiger partial charge in [-0.15, -0.1) is 0 Å². The van der Waals surface area contributed by atoms with Gasteiger partial charge in [-0.1, -0.05) is 42.5 Å². The zero-order valence-corrected chi connectivity index (χ0v) is 11.0. The molecule has 0 heterocycles. The van der Waals surface area contributed by atoms with Gasteiger partial charge in [0.25, 0.3) is 0 Å². The number of hydrogen-bond acceptors (Lipinski definition) is 2. The molecule has 1 atom stereocenters. The Balaban J connectivity index is 2.11. The lowest BCUT2D eigenvalue weighted by Gasteiger charge is -2.24. The van der Waals surface area contributed by atoms with Crippen LogP contribution < -0.4 is 0 Å². The first-order chi connectivity index (χ1) is 9.12. The Morgan fingerprint density at radius 1 is 1.11 bits per heavy atom. The molecule has 1 N–H and O–H groups in total. The van der Waals surface area contributed by atoms with Gasteiger partial charge in [-0.05, 0) is 43.0 Å². The molecule has 1 unspecified atom stereocenters. The second-order valence-electron chi connectivity index (χ2n) is 4.95. The highest BCUT2D eigenvalue weighted by atomic mass is 16.3. The van der Waals surface area contributed by atoms with Crippen LogP contribution in [0.15, 0.2) is 54.6 Å². The molecule has 0 radical (unpaired) electrons. The third kappa shape index (κ3) is 3.43. The van der Waals surface area contributed by atoms with E-state index in [9.17, 15) is 5.11 Å². The monoisotopic (exact) mass is 251 g/mol. The van der Waals surface area contributed by atoms with Crippen molar-refractivity contribution < 1.29 is 5.11 Å². The lowest BCUT2D eigenvalue weighted by Crippen LogP contribution is -2.22. The summed E-state index contributed by atoms with van der Waals surface area (Å²) in [7, 11) is 0. The molecule has 0 aliphatic rings. The summed E-state index contributed by atoms with van der Waals surface area (Å²) in [5, 5.41) is 19.5. The first-order valence-corrected chi connectivity index (χ1v) is 6.39. The fraction of sp³-hybridized carbons (Fsp3) is 0.235. The summed E-state index contributed by atoms with van der Waals surface area (Å²) >= 11 is 0. The van der Waals surface area contributed by atoms with Crippen molar-refractivity contribution in [3.8, 4) is 6.07 Å². The van der Waals surface area contributed by atoms with Gasteiger partial charge >= 0.3 is 0 Å². The lowest BCUT2D eigenvalue weighted by molar-refractivity contribution is 0.0480. The quantitative estimate of drug-likeness (QED) is 0.905. The molecule has 0 saturated carbocycles. The molecule has 2 rings (SSSR count). The molecule has 0 aromatic heterocycles. The fourth-order valence-corrected chi connectivity index (χ4v) is 2.10. The summed E-state index contributed by atoms with van der Waals surface area (Å²) in [5.41, 5.74) is 1.67. The largest absolute Gasteiger partial charge is 0.385 e. The van der Waals surface area contributed by atoms with E-state index < -0.39 is 5.60 Å². The van der Waals surface area contributed by atoms with Crippen LogP contribution in [0, 0.1) is 11.3 Å². The van der Waals surface area contributed by atoms with Gasteiger partial charge in [0.1, 0.15) is 0 Å². The van der Waals surface area contributed by atoms with Crippen molar-refractivity contribution in [1.82, 2.24) is 0 Å². The Hall–Kier alpha value is -2.11. The minimum absolute atomic E-state index is 0.581. The zero-order chi connectivity index (χ0) is 13.7. The van der Waals surface area contributed by atoms with E-state index >= 15 is 0 Å². The van der Waals surface area contributed by atoms with Crippen LogP contribution >= 0.6 is 0 Å². The first kappa shape index (κ1) is 13.3.